The van der Waals surface area contributed by atoms with Crippen LogP contribution >= 0.6 is 11.3 Å². The zero-order valence-electron chi connectivity index (χ0n) is 8.89. The van der Waals surface area contributed by atoms with Crippen LogP contribution in [0.1, 0.15) is 25.3 Å². The molecule has 3 heterocycles. The Balaban J connectivity index is 2.55. The van der Waals surface area contributed by atoms with Crippen LogP contribution in [0.5, 0.6) is 0 Å². The van der Waals surface area contributed by atoms with Crippen LogP contribution in [-0.2, 0) is 0 Å². The minimum Gasteiger partial charge on any atom is -0.268 e. The second-order valence-electron chi connectivity index (χ2n) is 3.99. The van der Waals surface area contributed by atoms with Gasteiger partial charge in [0, 0.05) is 0 Å². The fraction of sp³-hybridized carbons (Fsp3) is 0.300. The maximum absolute atomic E-state index is 12.2. The summed E-state index contributed by atoms with van der Waals surface area (Å²) in [5.74, 6) is 0.822. The average molecular weight is 234 g/mol. The Morgan fingerprint density at radius 1 is 1.50 bits per heavy atom. The van der Waals surface area contributed by atoms with E-state index in [1.807, 2.05) is 5.38 Å². The molecule has 16 heavy (non-hydrogen) atoms. The number of aromatic nitrogens is 4. The standard InChI is InChI=1S/C10H10N4OS/c1-5(2)6-3-16-8-7(6)9(15)14-4-11-13-10(14)12-8/h3-5H,1-2H3,(H,12,13). The molecule has 0 fully saturated rings. The lowest BCUT2D eigenvalue weighted by molar-refractivity contribution is 0.877. The van der Waals surface area contributed by atoms with E-state index in [4.69, 9.17) is 0 Å². The zero-order valence-corrected chi connectivity index (χ0v) is 9.71. The van der Waals surface area contributed by atoms with Crippen molar-refractivity contribution in [1.29, 1.82) is 0 Å². The first kappa shape index (κ1) is 9.53. The van der Waals surface area contributed by atoms with Crippen LogP contribution in [0.3, 0.4) is 0 Å². The van der Waals surface area contributed by atoms with Crippen molar-refractivity contribution in [3.8, 4) is 0 Å². The van der Waals surface area contributed by atoms with E-state index in [0.717, 1.165) is 15.8 Å². The van der Waals surface area contributed by atoms with Crippen molar-refractivity contribution in [1.82, 2.24) is 19.6 Å². The fourth-order valence-corrected chi connectivity index (χ4v) is 2.87. The number of nitrogens with zero attached hydrogens (tertiary/aromatic N) is 3. The predicted molar refractivity (Wildman–Crippen MR) is 63.1 cm³/mol. The van der Waals surface area contributed by atoms with E-state index in [1.165, 1.54) is 22.1 Å². The van der Waals surface area contributed by atoms with E-state index in [-0.39, 0.29) is 5.56 Å². The van der Waals surface area contributed by atoms with Crippen molar-refractivity contribution in [2.75, 3.05) is 0 Å². The molecular weight excluding hydrogens is 224 g/mol. The lowest BCUT2D eigenvalue weighted by Crippen LogP contribution is -2.13. The highest BCUT2D eigenvalue weighted by molar-refractivity contribution is 7.16. The fourth-order valence-electron chi connectivity index (χ4n) is 1.78. The number of thiophene rings is 1. The lowest BCUT2D eigenvalue weighted by Gasteiger charge is -2.01. The molecule has 0 bridgehead atoms. The normalized spacial score (nSPS) is 11.9. The molecule has 3 aromatic heterocycles. The van der Waals surface area contributed by atoms with Gasteiger partial charge in [-0.25, -0.2) is 14.5 Å². The van der Waals surface area contributed by atoms with E-state index >= 15 is 0 Å². The number of H-pyrrole nitrogens is 1. The molecule has 0 atom stereocenters. The maximum Gasteiger partial charge on any atom is 0.269 e. The summed E-state index contributed by atoms with van der Waals surface area (Å²) in [7, 11) is 0. The number of aromatic amines is 1. The molecular formula is C10H10N4OS. The van der Waals surface area contributed by atoms with E-state index in [1.54, 1.807) is 0 Å². The summed E-state index contributed by atoms with van der Waals surface area (Å²) in [6.07, 6.45) is 1.46. The van der Waals surface area contributed by atoms with Gasteiger partial charge in [-0.15, -0.1) is 11.3 Å². The summed E-state index contributed by atoms with van der Waals surface area (Å²) in [5.41, 5.74) is 1.02. The molecule has 1 N–H and O–H groups in total. The van der Waals surface area contributed by atoms with Crippen molar-refractivity contribution >= 4 is 27.3 Å². The van der Waals surface area contributed by atoms with Gasteiger partial charge in [-0.2, -0.15) is 5.10 Å². The molecule has 0 aromatic carbocycles. The van der Waals surface area contributed by atoms with Gasteiger partial charge in [0.05, 0.1) is 5.39 Å². The molecule has 3 rings (SSSR count). The van der Waals surface area contributed by atoms with E-state index in [2.05, 4.69) is 29.0 Å². The van der Waals surface area contributed by atoms with Gasteiger partial charge in [-0.3, -0.25) is 4.79 Å². The Morgan fingerprint density at radius 2 is 2.31 bits per heavy atom. The number of rotatable bonds is 1. The molecule has 3 aromatic rings. The van der Waals surface area contributed by atoms with E-state index in [0.29, 0.717) is 11.7 Å². The monoisotopic (exact) mass is 234 g/mol. The molecule has 0 amide bonds. The first-order valence-corrected chi connectivity index (χ1v) is 5.89. The average Bonchev–Trinajstić information content (AvgIpc) is 2.83. The number of hydrogen-bond donors (Lipinski definition) is 1. The summed E-state index contributed by atoms with van der Waals surface area (Å²) >= 11 is 1.50. The van der Waals surface area contributed by atoms with Crippen LogP contribution in [-0.4, -0.2) is 19.6 Å². The third-order valence-electron chi connectivity index (χ3n) is 2.63. The summed E-state index contributed by atoms with van der Waals surface area (Å²) in [6.45, 7) is 4.15. The molecule has 0 unspecified atom stereocenters. The highest BCUT2D eigenvalue weighted by Gasteiger charge is 2.14. The van der Waals surface area contributed by atoms with Crippen LogP contribution in [0.2, 0.25) is 0 Å². The zero-order chi connectivity index (χ0) is 11.3. The summed E-state index contributed by atoms with van der Waals surface area (Å²) < 4.78 is 1.45. The van der Waals surface area contributed by atoms with Gasteiger partial charge >= 0.3 is 0 Å². The summed E-state index contributed by atoms with van der Waals surface area (Å²) in [4.78, 5) is 17.3. The second-order valence-corrected chi connectivity index (χ2v) is 4.85. The van der Waals surface area contributed by atoms with E-state index in [9.17, 15) is 4.79 Å². The largest absolute Gasteiger partial charge is 0.269 e. The topological polar surface area (TPSA) is 63.1 Å². The molecule has 0 saturated heterocycles. The first-order chi connectivity index (χ1) is 7.68. The summed E-state index contributed by atoms with van der Waals surface area (Å²) in [5, 5.41) is 9.25. The smallest absolute Gasteiger partial charge is 0.268 e. The van der Waals surface area contributed by atoms with Crippen LogP contribution in [0.15, 0.2) is 16.5 Å². The molecule has 0 radical (unpaired) electrons. The minimum absolute atomic E-state index is 0.0429. The maximum atomic E-state index is 12.2. The highest BCUT2D eigenvalue weighted by atomic mass is 32.1. The van der Waals surface area contributed by atoms with E-state index < -0.39 is 0 Å². The van der Waals surface area contributed by atoms with Gasteiger partial charge in [0.25, 0.3) is 5.56 Å². The molecule has 5 nitrogen and oxygen atoms in total. The molecule has 0 aliphatic carbocycles. The molecule has 0 aliphatic heterocycles. The van der Waals surface area contributed by atoms with Crippen molar-refractivity contribution in [3.05, 3.63) is 27.6 Å². The Labute approximate surface area is 94.8 Å². The van der Waals surface area contributed by atoms with Crippen LogP contribution in [0.25, 0.3) is 16.0 Å². The SMILES string of the molecule is CC(C)c1csc2nc3[nH]ncn3c(=O)c12. The van der Waals surface area contributed by atoms with Crippen molar-refractivity contribution in [3.63, 3.8) is 0 Å². The van der Waals surface area contributed by atoms with Crippen LogP contribution in [0, 0.1) is 0 Å². The van der Waals surface area contributed by atoms with Crippen molar-refractivity contribution in [2.24, 2.45) is 0 Å². The third kappa shape index (κ3) is 1.13. The predicted octanol–water partition coefficient (Wildman–Crippen LogP) is 1.76. The molecule has 82 valence electrons. The Bertz CT molecular complexity index is 721. The minimum atomic E-state index is -0.0429. The second kappa shape index (κ2) is 3.15. The van der Waals surface area contributed by atoms with Gasteiger partial charge < -0.3 is 0 Å². The third-order valence-corrected chi connectivity index (χ3v) is 3.52. The quantitative estimate of drug-likeness (QED) is 0.697. The Hall–Kier alpha value is -1.69. The molecule has 0 aliphatic rings. The first-order valence-electron chi connectivity index (χ1n) is 5.01. The van der Waals surface area contributed by atoms with Gasteiger partial charge in [0.15, 0.2) is 0 Å². The Morgan fingerprint density at radius 3 is 3.06 bits per heavy atom. The molecule has 0 saturated carbocycles. The van der Waals surface area contributed by atoms with Gasteiger partial charge in [0.1, 0.15) is 11.2 Å². The van der Waals surface area contributed by atoms with Crippen LogP contribution in [0.4, 0.5) is 0 Å². The van der Waals surface area contributed by atoms with Crippen LogP contribution < -0.4 is 5.56 Å². The number of nitrogens with one attached hydrogen (secondary N) is 1. The van der Waals surface area contributed by atoms with Gasteiger partial charge in [-0.05, 0) is 16.9 Å². The lowest BCUT2D eigenvalue weighted by atomic mass is 10.0. The number of fused-ring (bicyclic) bond motifs is 2. The van der Waals surface area contributed by atoms with Gasteiger partial charge in [-0.1, -0.05) is 13.8 Å². The molecule has 0 spiro atoms. The van der Waals surface area contributed by atoms with Crippen molar-refractivity contribution in [2.45, 2.75) is 19.8 Å². The highest BCUT2D eigenvalue weighted by Crippen LogP contribution is 2.27. The summed E-state index contributed by atoms with van der Waals surface area (Å²) in [6, 6.07) is 0. The van der Waals surface area contributed by atoms with Gasteiger partial charge in [0.2, 0.25) is 5.78 Å². The Kier molecular flexibility index (Phi) is 1.88. The number of hydrogen-bond acceptors (Lipinski definition) is 4. The van der Waals surface area contributed by atoms with Crippen molar-refractivity contribution < 1.29 is 0 Å². The molecule has 6 heteroatoms.